The van der Waals surface area contributed by atoms with Gasteiger partial charge in [0.1, 0.15) is 10.9 Å². The van der Waals surface area contributed by atoms with Crippen molar-refractivity contribution in [1.82, 2.24) is 15.2 Å². The predicted octanol–water partition coefficient (Wildman–Crippen LogP) is 6.16. The number of amides is 2. The fourth-order valence-electron chi connectivity index (χ4n) is 3.21. The molecular formula is C25H23N7OS. The lowest BCUT2D eigenvalue weighted by Crippen LogP contribution is -2.21. The van der Waals surface area contributed by atoms with Crippen LogP contribution in [0.25, 0.3) is 11.3 Å². The fourth-order valence-corrected chi connectivity index (χ4v) is 4.19. The summed E-state index contributed by atoms with van der Waals surface area (Å²) in [4.78, 5) is 17.8. The maximum atomic E-state index is 12.6. The van der Waals surface area contributed by atoms with Gasteiger partial charge in [-0.3, -0.25) is 5.32 Å². The van der Waals surface area contributed by atoms with Gasteiger partial charge in [-0.05, 0) is 24.3 Å². The Labute approximate surface area is 201 Å². The summed E-state index contributed by atoms with van der Waals surface area (Å²) in [5, 5.41) is 27.1. The van der Waals surface area contributed by atoms with Crippen molar-refractivity contribution in [3.8, 4) is 17.3 Å². The number of carbonyl (C=O) groups is 1. The van der Waals surface area contributed by atoms with E-state index < -0.39 is 6.03 Å². The average Bonchev–Trinajstić information content (AvgIpc) is 3.25. The monoisotopic (exact) mass is 469 g/mol. The van der Waals surface area contributed by atoms with Crippen LogP contribution in [0.2, 0.25) is 0 Å². The van der Waals surface area contributed by atoms with Crippen molar-refractivity contribution < 1.29 is 4.79 Å². The third-order valence-electron chi connectivity index (χ3n) is 4.83. The Balaban J connectivity index is 1.46. The number of thiazole rings is 1. The van der Waals surface area contributed by atoms with E-state index in [1.165, 1.54) is 11.3 Å². The van der Waals surface area contributed by atoms with E-state index in [9.17, 15) is 10.1 Å². The predicted molar refractivity (Wildman–Crippen MR) is 135 cm³/mol. The molecule has 9 heteroatoms. The van der Waals surface area contributed by atoms with Gasteiger partial charge < -0.3 is 10.6 Å². The van der Waals surface area contributed by atoms with Crippen molar-refractivity contribution in [2.75, 3.05) is 16.0 Å². The number of nitrogens with zero attached hydrogens (tertiary/aromatic N) is 4. The first kappa shape index (κ1) is 22.9. The van der Waals surface area contributed by atoms with Crippen LogP contribution in [0.3, 0.4) is 0 Å². The van der Waals surface area contributed by atoms with Gasteiger partial charge in [0.15, 0.2) is 10.9 Å². The molecular weight excluding hydrogens is 446 g/mol. The molecule has 0 saturated heterocycles. The first-order chi connectivity index (χ1) is 16.3. The lowest BCUT2D eigenvalue weighted by Gasteiger charge is -2.15. The SMILES string of the molecule is CC(C)(C)c1nc(Nc2ccccc2NC(=O)Nc2ccc(-c3ccccc3)nn2)sc1C#N. The van der Waals surface area contributed by atoms with Crippen molar-refractivity contribution in [3.63, 3.8) is 0 Å². The largest absolute Gasteiger partial charge is 0.330 e. The number of nitriles is 1. The number of urea groups is 1. The van der Waals surface area contributed by atoms with Crippen LogP contribution >= 0.6 is 11.3 Å². The van der Waals surface area contributed by atoms with E-state index in [0.717, 1.165) is 17.0 Å². The summed E-state index contributed by atoms with van der Waals surface area (Å²) in [5.74, 6) is 0.330. The zero-order chi connectivity index (χ0) is 24.1. The van der Waals surface area contributed by atoms with Gasteiger partial charge in [-0.25, -0.2) is 9.78 Å². The molecule has 3 N–H and O–H groups in total. The zero-order valence-corrected chi connectivity index (χ0v) is 19.8. The standard InChI is InChI=1S/C25H23N7OS/c1-25(2,3)22-20(15-26)34-24(30-22)28-19-12-8-7-11-18(19)27-23(33)29-21-14-13-17(31-32-21)16-9-5-4-6-10-16/h4-14H,1-3H3,(H,28,30)(H2,27,29,32,33). The highest BCUT2D eigenvalue weighted by atomic mass is 32.1. The summed E-state index contributed by atoms with van der Waals surface area (Å²) in [6, 6.07) is 22.2. The second-order valence-corrected chi connectivity index (χ2v) is 9.48. The second-order valence-electron chi connectivity index (χ2n) is 8.48. The van der Waals surface area contributed by atoms with Crippen LogP contribution in [0.15, 0.2) is 66.7 Å². The van der Waals surface area contributed by atoms with Crippen LogP contribution in [0.1, 0.15) is 31.3 Å². The molecule has 8 nitrogen and oxygen atoms in total. The molecule has 0 spiro atoms. The Morgan fingerprint density at radius 1 is 0.912 bits per heavy atom. The molecule has 2 amide bonds. The summed E-state index contributed by atoms with van der Waals surface area (Å²) in [6.45, 7) is 6.05. The maximum absolute atomic E-state index is 12.6. The minimum atomic E-state index is -0.455. The van der Waals surface area contributed by atoms with Crippen LogP contribution < -0.4 is 16.0 Å². The van der Waals surface area contributed by atoms with E-state index in [1.807, 2.05) is 69.3 Å². The highest BCUT2D eigenvalue weighted by Gasteiger charge is 2.23. The van der Waals surface area contributed by atoms with Gasteiger partial charge >= 0.3 is 6.03 Å². The molecule has 0 aliphatic rings. The third-order valence-corrected chi connectivity index (χ3v) is 5.71. The van der Waals surface area contributed by atoms with Crippen molar-refractivity contribution in [3.05, 3.63) is 77.3 Å². The molecule has 2 aromatic carbocycles. The average molecular weight is 470 g/mol. The molecule has 0 radical (unpaired) electrons. The van der Waals surface area contributed by atoms with Crippen molar-refractivity contribution >= 4 is 39.7 Å². The number of aromatic nitrogens is 3. The van der Waals surface area contributed by atoms with Crippen LogP contribution in [0.5, 0.6) is 0 Å². The lowest BCUT2D eigenvalue weighted by atomic mass is 9.91. The van der Waals surface area contributed by atoms with Crippen LogP contribution in [0, 0.1) is 11.3 Å². The molecule has 170 valence electrons. The Bertz CT molecular complexity index is 1340. The molecule has 4 aromatic rings. The molecule has 2 heterocycles. The minimum absolute atomic E-state index is 0.254. The Hall–Kier alpha value is -4.29. The molecule has 0 fully saturated rings. The van der Waals surface area contributed by atoms with E-state index in [-0.39, 0.29) is 5.41 Å². The highest BCUT2D eigenvalue weighted by Crippen LogP contribution is 2.34. The van der Waals surface area contributed by atoms with E-state index in [4.69, 9.17) is 0 Å². The number of hydrogen-bond acceptors (Lipinski definition) is 7. The van der Waals surface area contributed by atoms with Gasteiger partial charge in [0.05, 0.1) is 22.8 Å². The molecule has 4 rings (SSSR count). The minimum Gasteiger partial charge on any atom is -0.330 e. The quantitative estimate of drug-likeness (QED) is 0.322. The highest BCUT2D eigenvalue weighted by molar-refractivity contribution is 7.16. The number of benzene rings is 2. The normalized spacial score (nSPS) is 10.9. The summed E-state index contributed by atoms with van der Waals surface area (Å²) < 4.78 is 0. The summed E-state index contributed by atoms with van der Waals surface area (Å²) in [5.41, 5.74) is 3.36. The van der Waals surface area contributed by atoms with Gasteiger partial charge in [0.2, 0.25) is 0 Å². The number of rotatable bonds is 5. The molecule has 0 unspecified atom stereocenters. The van der Waals surface area contributed by atoms with Gasteiger partial charge in [-0.2, -0.15) is 5.26 Å². The number of para-hydroxylation sites is 2. The molecule has 0 aliphatic carbocycles. The Kier molecular flexibility index (Phi) is 6.52. The molecule has 0 aliphatic heterocycles. The number of nitrogens with one attached hydrogen (secondary N) is 3. The molecule has 0 saturated carbocycles. The topological polar surface area (TPSA) is 116 Å². The van der Waals surface area contributed by atoms with E-state index in [1.54, 1.807) is 18.2 Å². The lowest BCUT2D eigenvalue weighted by molar-refractivity contribution is 0.262. The Morgan fingerprint density at radius 3 is 2.24 bits per heavy atom. The first-order valence-corrected chi connectivity index (χ1v) is 11.4. The van der Waals surface area contributed by atoms with E-state index in [2.05, 4.69) is 37.2 Å². The maximum Gasteiger partial charge on any atom is 0.324 e. The Morgan fingerprint density at radius 2 is 1.62 bits per heavy atom. The zero-order valence-electron chi connectivity index (χ0n) is 19.0. The fraction of sp³-hybridized carbons (Fsp3) is 0.160. The molecule has 2 aromatic heterocycles. The van der Waals surface area contributed by atoms with Crippen LogP contribution in [-0.4, -0.2) is 21.2 Å². The smallest absolute Gasteiger partial charge is 0.324 e. The van der Waals surface area contributed by atoms with E-state index >= 15 is 0 Å². The van der Waals surface area contributed by atoms with Gasteiger partial charge in [-0.1, -0.05) is 74.6 Å². The van der Waals surface area contributed by atoms with E-state index in [0.29, 0.717) is 27.2 Å². The number of anilines is 4. The summed E-state index contributed by atoms with van der Waals surface area (Å²) in [7, 11) is 0. The van der Waals surface area contributed by atoms with Gasteiger partial charge in [0.25, 0.3) is 0 Å². The summed E-state index contributed by atoms with van der Waals surface area (Å²) >= 11 is 1.28. The molecule has 0 atom stereocenters. The third kappa shape index (κ3) is 5.36. The molecule has 34 heavy (non-hydrogen) atoms. The van der Waals surface area contributed by atoms with Crippen LogP contribution in [0.4, 0.5) is 27.1 Å². The van der Waals surface area contributed by atoms with Gasteiger partial charge in [0, 0.05) is 11.0 Å². The molecule has 0 bridgehead atoms. The van der Waals surface area contributed by atoms with Gasteiger partial charge in [-0.15, -0.1) is 10.2 Å². The first-order valence-electron chi connectivity index (χ1n) is 10.6. The van der Waals surface area contributed by atoms with Crippen molar-refractivity contribution in [1.29, 1.82) is 5.26 Å². The van der Waals surface area contributed by atoms with Crippen LogP contribution in [-0.2, 0) is 5.41 Å². The summed E-state index contributed by atoms with van der Waals surface area (Å²) in [6.07, 6.45) is 0. The number of carbonyl (C=O) groups excluding carboxylic acids is 1. The van der Waals surface area contributed by atoms with Crippen molar-refractivity contribution in [2.24, 2.45) is 0 Å². The number of hydrogen-bond donors (Lipinski definition) is 3. The van der Waals surface area contributed by atoms with Crippen molar-refractivity contribution in [2.45, 2.75) is 26.2 Å². The second kappa shape index (κ2) is 9.68.